The largest absolute Gasteiger partial charge is 0.415 e. The molecule has 0 aromatic heterocycles. The van der Waals surface area contributed by atoms with Crippen molar-refractivity contribution in [3.63, 3.8) is 0 Å². The van der Waals surface area contributed by atoms with Crippen molar-refractivity contribution in [2.45, 2.75) is 57.3 Å². The first-order chi connectivity index (χ1) is 7.46. The second-order valence-electron chi connectivity index (χ2n) is 6.15. The van der Waals surface area contributed by atoms with Crippen LogP contribution in [-0.2, 0) is 9.22 Å². The second kappa shape index (κ2) is 4.31. The molecule has 100 valence electrons. The molecule has 1 aliphatic heterocycles. The van der Waals surface area contributed by atoms with Crippen molar-refractivity contribution in [1.82, 2.24) is 5.32 Å². The zero-order chi connectivity index (χ0) is 13.5. The minimum Gasteiger partial charge on any atom is -0.415 e. The molecule has 0 radical (unpaired) electrons. The molecule has 1 N–H and O–H groups in total. The smallest absolute Gasteiger partial charge is 0.326 e. The third-order valence-electron chi connectivity index (χ3n) is 3.62. The van der Waals surface area contributed by atoms with Crippen LogP contribution in [0.25, 0.3) is 0 Å². The highest BCUT2D eigenvalue weighted by Gasteiger charge is 2.49. The fourth-order valence-corrected chi connectivity index (χ4v) is 2.42. The number of halogens is 2. The van der Waals surface area contributed by atoms with Crippen LogP contribution in [0.15, 0.2) is 0 Å². The molecule has 1 rings (SSSR count). The maximum atomic E-state index is 13.0. The van der Waals surface area contributed by atoms with E-state index in [0.29, 0.717) is 0 Å². The van der Waals surface area contributed by atoms with Gasteiger partial charge in [0.05, 0.1) is 12.6 Å². The van der Waals surface area contributed by atoms with Gasteiger partial charge in [0.25, 0.3) is 5.91 Å². The van der Waals surface area contributed by atoms with Gasteiger partial charge >= 0.3 is 5.92 Å². The van der Waals surface area contributed by atoms with Gasteiger partial charge in [0, 0.05) is 6.42 Å². The molecule has 0 spiro atoms. The summed E-state index contributed by atoms with van der Waals surface area (Å²) < 4.78 is 31.8. The van der Waals surface area contributed by atoms with Crippen molar-refractivity contribution < 1.29 is 18.0 Å². The molecule has 0 bridgehead atoms. The maximum absolute atomic E-state index is 13.0. The second-order valence-corrected chi connectivity index (χ2v) is 11.0. The van der Waals surface area contributed by atoms with Gasteiger partial charge in [-0.2, -0.15) is 8.78 Å². The minimum absolute atomic E-state index is 0.0398. The number of carbonyl (C=O) groups is 1. The SMILES string of the molecule is CC(C)(C)[Si](C)(C)OCC1CC(F)(F)C(=O)N1. The van der Waals surface area contributed by atoms with Crippen LogP contribution >= 0.6 is 0 Å². The molecular weight excluding hydrogens is 244 g/mol. The lowest BCUT2D eigenvalue weighted by atomic mass is 10.2. The number of alkyl halides is 2. The van der Waals surface area contributed by atoms with Gasteiger partial charge in [-0.15, -0.1) is 0 Å². The molecule has 1 heterocycles. The summed E-state index contributed by atoms with van der Waals surface area (Å²) in [4.78, 5) is 10.9. The van der Waals surface area contributed by atoms with Gasteiger partial charge in [-0.3, -0.25) is 4.79 Å². The minimum atomic E-state index is -3.23. The van der Waals surface area contributed by atoms with Gasteiger partial charge in [0.1, 0.15) is 0 Å². The van der Waals surface area contributed by atoms with Crippen LogP contribution < -0.4 is 5.32 Å². The Labute approximate surface area is 102 Å². The van der Waals surface area contributed by atoms with E-state index in [1.54, 1.807) is 0 Å². The molecule has 3 nitrogen and oxygen atoms in total. The Morgan fingerprint density at radius 2 is 2.00 bits per heavy atom. The van der Waals surface area contributed by atoms with Crippen LogP contribution in [0.5, 0.6) is 0 Å². The Kier molecular flexibility index (Phi) is 3.70. The summed E-state index contributed by atoms with van der Waals surface area (Å²) in [7, 11) is -1.94. The Morgan fingerprint density at radius 1 is 1.47 bits per heavy atom. The van der Waals surface area contributed by atoms with Crippen LogP contribution in [0.1, 0.15) is 27.2 Å². The van der Waals surface area contributed by atoms with E-state index in [1.807, 2.05) is 0 Å². The van der Waals surface area contributed by atoms with E-state index in [2.05, 4.69) is 39.2 Å². The fraction of sp³-hybridized carbons (Fsp3) is 0.909. The number of hydrogen-bond acceptors (Lipinski definition) is 2. The van der Waals surface area contributed by atoms with Gasteiger partial charge in [-0.05, 0) is 18.1 Å². The van der Waals surface area contributed by atoms with Crippen molar-refractivity contribution >= 4 is 14.2 Å². The van der Waals surface area contributed by atoms with Crippen LogP contribution in [-0.4, -0.2) is 32.8 Å². The van der Waals surface area contributed by atoms with E-state index in [1.165, 1.54) is 0 Å². The maximum Gasteiger partial charge on any atom is 0.326 e. The molecule has 1 fully saturated rings. The molecule has 1 aliphatic rings. The molecule has 0 aliphatic carbocycles. The Balaban J connectivity index is 2.52. The first kappa shape index (κ1) is 14.6. The molecule has 1 unspecified atom stereocenters. The average Bonchev–Trinajstić information content (AvgIpc) is 2.36. The summed E-state index contributed by atoms with van der Waals surface area (Å²) in [6.07, 6.45) is -0.458. The van der Waals surface area contributed by atoms with Crippen molar-refractivity contribution in [2.75, 3.05) is 6.61 Å². The summed E-state index contributed by atoms with van der Waals surface area (Å²) >= 11 is 0. The van der Waals surface area contributed by atoms with Crippen LogP contribution in [0, 0.1) is 0 Å². The number of amides is 1. The van der Waals surface area contributed by atoms with E-state index in [-0.39, 0.29) is 11.6 Å². The van der Waals surface area contributed by atoms with Crippen molar-refractivity contribution in [1.29, 1.82) is 0 Å². The highest BCUT2D eigenvalue weighted by atomic mass is 28.4. The highest BCUT2D eigenvalue weighted by Crippen LogP contribution is 2.37. The predicted octanol–water partition coefficient (Wildman–Crippen LogP) is 2.53. The van der Waals surface area contributed by atoms with Gasteiger partial charge < -0.3 is 9.74 Å². The van der Waals surface area contributed by atoms with Gasteiger partial charge in [-0.25, -0.2) is 0 Å². The lowest BCUT2D eigenvalue weighted by Gasteiger charge is -2.36. The number of carbonyl (C=O) groups excluding carboxylic acids is 1. The zero-order valence-corrected chi connectivity index (χ0v) is 12.1. The van der Waals surface area contributed by atoms with E-state index < -0.39 is 32.6 Å². The van der Waals surface area contributed by atoms with Crippen molar-refractivity contribution in [3.8, 4) is 0 Å². The summed E-state index contributed by atoms with van der Waals surface area (Å²) in [5, 5.41) is 2.32. The average molecular weight is 265 g/mol. The normalized spacial score (nSPS) is 24.9. The summed E-state index contributed by atoms with van der Waals surface area (Å²) in [5.74, 6) is -4.41. The molecule has 6 heteroatoms. The molecule has 1 amide bonds. The third-order valence-corrected chi connectivity index (χ3v) is 8.12. The number of hydrogen-bond donors (Lipinski definition) is 1. The molecule has 0 aromatic carbocycles. The summed E-state index contributed by atoms with van der Waals surface area (Å²) in [6.45, 7) is 10.5. The monoisotopic (exact) mass is 265 g/mol. The topological polar surface area (TPSA) is 38.3 Å². The summed E-state index contributed by atoms with van der Waals surface area (Å²) in [5.41, 5.74) is 0. The van der Waals surface area contributed by atoms with E-state index in [4.69, 9.17) is 4.43 Å². The molecule has 0 saturated carbocycles. The zero-order valence-electron chi connectivity index (χ0n) is 11.1. The van der Waals surface area contributed by atoms with E-state index >= 15 is 0 Å². The fourth-order valence-electron chi connectivity index (χ4n) is 1.37. The van der Waals surface area contributed by atoms with Gasteiger partial charge in [0.15, 0.2) is 8.32 Å². The molecule has 0 aromatic rings. The summed E-state index contributed by atoms with van der Waals surface area (Å²) in [6, 6.07) is -0.563. The van der Waals surface area contributed by atoms with Crippen LogP contribution in [0.2, 0.25) is 18.1 Å². The molecule has 17 heavy (non-hydrogen) atoms. The van der Waals surface area contributed by atoms with Crippen molar-refractivity contribution in [3.05, 3.63) is 0 Å². The first-order valence-electron chi connectivity index (χ1n) is 5.78. The van der Waals surface area contributed by atoms with Gasteiger partial charge in [0.2, 0.25) is 0 Å². The highest BCUT2D eigenvalue weighted by molar-refractivity contribution is 6.74. The van der Waals surface area contributed by atoms with Crippen LogP contribution in [0.4, 0.5) is 8.78 Å². The molecule has 1 atom stereocenters. The number of nitrogens with one attached hydrogen (secondary N) is 1. The van der Waals surface area contributed by atoms with Crippen molar-refractivity contribution in [2.24, 2.45) is 0 Å². The molecule has 1 saturated heterocycles. The predicted molar refractivity (Wildman–Crippen MR) is 64.6 cm³/mol. The van der Waals surface area contributed by atoms with E-state index in [0.717, 1.165) is 0 Å². The third kappa shape index (κ3) is 3.25. The van der Waals surface area contributed by atoms with Crippen LogP contribution in [0.3, 0.4) is 0 Å². The standard InChI is InChI=1S/C11H21F2NO2Si/c1-10(2,3)17(4,5)16-7-8-6-11(12,13)9(15)14-8/h8H,6-7H2,1-5H3,(H,14,15). The lowest BCUT2D eigenvalue weighted by molar-refractivity contribution is -0.139. The molecular formula is C11H21F2NO2Si. The lowest BCUT2D eigenvalue weighted by Crippen LogP contribution is -2.44. The Hall–Kier alpha value is -0.493. The Bertz CT molecular complexity index is 313. The first-order valence-corrected chi connectivity index (χ1v) is 8.69. The van der Waals surface area contributed by atoms with E-state index in [9.17, 15) is 13.6 Å². The van der Waals surface area contributed by atoms with Gasteiger partial charge in [-0.1, -0.05) is 20.8 Å². The Morgan fingerprint density at radius 3 is 2.35 bits per heavy atom. The quantitative estimate of drug-likeness (QED) is 0.796. The number of rotatable bonds is 3.